The zero-order valence-corrected chi connectivity index (χ0v) is 8.79. The van der Waals surface area contributed by atoms with Crippen LogP contribution in [-0.2, 0) is 0 Å². The fraction of sp³-hybridized carbons (Fsp3) is 0.600. The normalized spacial score (nSPS) is 29.5. The monoisotopic (exact) mass is 200 g/mol. The molecular weight excluding hydrogens is 188 g/mol. The Morgan fingerprint density at radius 3 is 2.83 bits per heavy atom. The van der Waals surface area contributed by atoms with E-state index in [1.807, 2.05) is 11.3 Å². The fourth-order valence-corrected chi connectivity index (χ4v) is 3.59. The summed E-state index contributed by atoms with van der Waals surface area (Å²) in [5.41, 5.74) is 1.43. The van der Waals surface area contributed by atoms with Crippen LogP contribution in [0.15, 0.2) is 11.4 Å². The van der Waals surface area contributed by atoms with Crippen LogP contribution < -0.4 is 0 Å². The summed E-state index contributed by atoms with van der Waals surface area (Å²) in [6.07, 6.45) is 3.79. The molecule has 0 aromatic carbocycles. The molecule has 2 heteroatoms. The van der Waals surface area contributed by atoms with E-state index in [1.54, 1.807) is 0 Å². The highest BCUT2D eigenvalue weighted by molar-refractivity contribution is 7.10. The summed E-state index contributed by atoms with van der Waals surface area (Å²) in [6, 6.07) is 2.20. The number of rotatable bonds is 1. The highest BCUT2D eigenvalue weighted by Gasteiger charge is 2.28. The van der Waals surface area contributed by atoms with Gasteiger partial charge in [0, 0.05) is 16.2 Å². The van der Waals surface area contributed by atoms with Gasteiger partial charge in [0.15, 0.2) is 0 Å². The van der Waals surface area contributed by atoms with Gasteiger partial charge in [-0.2, -0.15) is 0 Å². The van der Waals surface area contributed by atoms with E-state index in [2.05, 4.69) is 18.4 Å². The number of hydrogen-bond acceptors (Lipinski definition) is 1. The molecule has 1 fully saturated rings. The van der Waals surface area contributed by atoms with Crippen LogP contribution in [0.4, 0.5) is 0 Å². The number of hydrogen-bond donors (Lipinski definition) is 0. The van der Waals surface area contributed by atoms with Gasteiger partial charge < -0.3 is 0 Å². The molecule has 0 radical (unpaired) electrons. The number of halogens is 1. The highest BCUT2D eigenvalue weighted by atomic mass is 35.5. The Morgan fingerprint density at radius 1 is 1.50 bits per heavy atom. The van der Waals surface area contributed by atoms with Crippen LogP contribution in [0.5, 0.6) is 0 Å². The van der Waals surface area contributed by atoms with Crippen molar-refractivity contribution in [3.8, 4) is 0 Å². The molecule has 0 saturated heterocycles. The standard InChI is InChI=1S/C10H13ClS/c1-7-5-6-12-10(7)8-3-2-4-9(8)11/h5-6,8-9H,2-4H2,1H3. The third-order valence-electron chi connectivity index (χ3n) is 2.67. The molecule has 2 atom stereocenters. The van der Waals surface area contributed by atoms with Gasteiger partial charge in [-0.1, -0.05) is 6.42 Å². The lowest BCUT2D eigenvalue weighted by Gasteiger charge is -2.12. The van der Waals surface area contributed by atoms with Crippen molar-refractivity contribution in [2.45, 2.75) is 37.5 Å². The largest absolute Gasteiger partial charge is 0.148 e. The smallest absolute Gasteiger partial charge is 0.0412 e. The van der Waals surface area contributed by atoms with Crippen LogP contribution in [0, 0.1) is 6.92 Å². The van der Waals surface area contributed by atoms with Crippen LogP contribution in [0.25, 0.3) is 0 Å². The molecule has 12 heavy (non-hydrogen) atoms. The Bertz CT molecular complexity index is 267. The molecule has 2 rings (SSSR count). The predicted molar refractivity (Wildman–Crippen MR) is 55.3 cm³/mol. The molecule has 0 bridgehead atoms. The van der Waals surface area contributed by atoms with Crippen LogP contribution in [0.3, 0.4) is 0 Å². The molecule has 66 valence electrons. The molecule has 0 N–H and O–H groups in total. The fourth-order valence-electron chi connectivity index (χ4n) is 1.97. The van der Waals surface area contributed by atoms with E-state index in [9.17, 15) is 0 Å². The van der Waals surface area contributed by atoms with Gasteiger partial charge >= 0.3 is 0 Å². The molecule has 1 aromatic heterocycles. The molecule has 0 amide bonds. The minimum absolute atomic E-state index is 0.391. The van der Waals surface area contributed by atoms with Gasteiger partial charge in [0.05, 0.1) is 0 Å². The molecule has 2 unspecified atom stereocenters. The van der Waals surface area contributed by atoms with Crippen molar-refractivity contribution in [2.75, 3.05) is 0 Å². The Hall–Kier alpha value is -0.0100. The molecule has 0 aliphatic heterocycles. The first-order valence-corrected chi connectivity index (χ1v) is 5.78. The highest BCUT2D eigenvalue weighted by Crippen LogP contribution is 2.41. The minimum Gasteiger partial charge on any atom is -0.148 e. The van der Waals surface area contributed by atoms with Crippen molar-refractivity contribution in [1.29, 1.82) is 0 Å². The Morgan fingerprint density at radius 2 is 2.33 bits per heavy atom. The summed E-state index contributed by atoms with van der Waals surface area (Å²) in [5, 5.41) is 2.56. The minimum atomic E-state index is 0.391. The zero-order chi connectivity index (χ0) is 8.55. The van der Waals surface area contributed by atoms with Crippen LogP contribution >= 0.6 is 22.9 Å². The lowest BCUT2D eigenvalue weighted by molar-refractivity contribution is 0.740. The van der Waals surface area contributed by atoms with Crippen LogP contribution in [0.1, 0.15) is 35.6 Å². The van der Waals surface area contributed by atoms with Crippen LogP contribution in [-0.4, -0.2) is 5.38 Å². The SMILES string of the molecule is Cc1ccsc1C1CCCC1Cl. The predicted octanol–water partition coefficient (Wildman–Crippen LogP) is 3.93. The quantitative estimate of drug-likeness (QED) is 0.603. The summed E-state index contributed by atoms with van der Waals surface area (Å²) in [7, 11) is 0. The van der Waals surface area contributed by atoms with Crippen molar-refractivity contribution in [2.24, 2.45) is 0 Å². The van der Waals surface area contributed by atoms with Crippen molar-refractivity contribution >= 4 is 22.9 Å². The van der Waals surface area contributed by atoms with Crippen molar-refractivity contribution in [3.05, 3.63) is 21.9 Å². The van der Waals surface area contributed by atoms with Crippen LogP contribution in [0.2, 0.25) is 0 Å². The van der Waals surface area contributed by atoms with E-state index >= 15 is 0 Å². The summed E-state index contributed by atoms with van der Waals surface area (Å²) in [4.78, 5) is 1.52. The molecular formula is C10H13ClS. The van der Waals surface area contributed by atoms with E-state index in [1.165, 1.54) is 29.7 Å². The molecule has 1 aliphatic rings. The van der Waals surface area contributed by atoms with E-state index in [0.717, 1.165) is 0 Å². The lowest BCUT2D eigenvalue weighted by atomic mass is 10.0. The van der Waals surface area contributed by atoms with Crippen molar-refractivity contribution in [3.63, 3.8) is 0 Å². The number of aryl methyl sites for hydroxylation is 1. The van der Waals surface area contributed by atoms with Gasteiger partial charge in [0.2, 0.25) is 0 Å². The Kier molecular flexibility index (Phi) is 2.42. The summed E-state index contributed by atoms with van der Waals surface area (Å²) >= 11 is 8.11. The van der Waals surface area contributed by atoms with Gasteiger partial charge in [-0.15, -0.1) is 22.9 Å². The molecule has 1 aliphatic carbocycles. The maximum atomic E-state index is 6.25. The van der Waals surface area contributed by atoms with E-state index in [4.69, 9.17) is 11.6 Å². The molecule has 0 spiro atoms. The summed E-state index contributed by atoms with van der Waals surface area (Å²) in [6.45, 7) is 2.19. The Labute approximate surface area is 82.6 Å². The second-order valence-corrected chi connectivity index (χ2v) is 5.03. The maximum absolute atomic E-state index is 6.25. The second kappa shape index (κ2) is 3.39. The molecule has 1 heterocycles. The summed E-state index contributed by atoms with van der Waals surface area (Å²) < 4.78 is 0. The van der Waals surface area contributed by atoms with Crippen molar-refractivity contribution < 1.29 is 0 Å². The second-order valence-electron chi connectivity index (χ2n) is 3.52. The van der Waals surface area contributed by atoms with Gasteiger partial charge in [-0.05, 0) is 36.8 Å². The average molecular weight is 201 g/mol. The maximum Gasteiger partial charge on any atom is 0.0412 e. The van der Waals surface area contributed by atoms with E-state index < -0.39 is 0 Å². The Balaban J connectivity index is 2.24. The number of thiophene rings is 1. The zero-order valence-electron chi connectivity index (χ0n) is 7.22. The average Bonchev–Trinajstić information content (AvgIpc) is 2.59. The van der Waals surface area contributed by atoms with Gasteiger partial charge in [0.25, 0.3) is 0 Å². The molecule has 1 saturated carbocycles. The van der Waals surface area contributed by atoms with Gasteiger partial charge in [-0.25, -0.2) is 0 Å². The first-order valence-electron chi connectivity index (χ1n) is 4.47. The topological polar surface area (TPSA) is 0 Å². The first kappa shape index (κ1) is 8.58. The molecule has 1 aromatic rings. The summed E-state index contributed by atoms with van der Waals surface area (Å²) in [5.74, 6) is 0.645. The molecule has 0 nitrogen and oxygen atoms in total. The van der Waals surface area contributed by atoms with Gasteiger partial charge in [0.1, 0.15) is 0 Å². The van der Waals surface area contributed by atoms with Gasteiger partial charge in [-0.3, -0.25) is 0 Å². The van der Waals surface area contributed by atoms with E-state index in [-0.39, 0.29) is 0 Å². The lowest BCUT2D eigenvalue weighted by Crippen LogP contribution is -2.03. The third-order valence-corrected chi connectivity index (χ3v) is 4.34. The first-order chi connectivity index (χ1) is 5.79. The third kappa shape index (κ3) is 1.40. The van der Waals surface area contributed by atoms with E-state index in [0.29, 0.717) is 11.3 Å². The number of alkyl halides is 1. The van der Waals surface area contributed by atoms with Crippen molar-refractivity contribution in [1.82, 2.24) is 0 Å².